The van der Waals surface area contributed by atoms with Crippen molar-refractivity contribution < 1.29 is 9.13 Å². The number of methoxy groups -OCH3 is 1. The molecule has 4 aromatic rings. The predicted molar refractivity (Wildman–Crippen MR) is 110 cm³/mol. The molecule has 1 aliphatic rings. The number of hydrogen-bond acceptors (Lipinski definition) is 4. The fraction of sp³-hybridized carbons (Fsp3) is 0.227. The molecule has 0 amide bonds. The summed E-state index contributed by atoms with van der Waals surface area (Å²) in [6, 6.07) is 13.2. The molecule has 7 nitrogen and oxygen atoms in total. The topological polar surface area (TPSA) is 71.1 Å². The van der Waals surface area contributed by atoms with Gasteiger partial charge in [-0.15, -0.1) is 0 Å². The Morgan fingerprint density at radius 1 is 1.13 bits per heavy atom. The van der Waals surface area contributed by atoms with Gasteiger partial charge in [0.05, 0.1) is 19.1 Å². The Bertz CT molecular complexity index is 1380. The van der Waals surface area contributed by atoms with E-state index in [2.05, 4.69) is 4.98 Å². The molecule has 2 heterocycles. The maximum Gasteiger partial charge on any atom is 0.337 e. The summed E-state index contributed by atoms with van der Waals surface area (Å²) in [6.07, 6.45) is 3.10. The van der Waals surface area contributed by atoms with Crippen LogP contribution in [0.15, 0.2) is 64.4 Å². The molecule has 2 aromatic carbocycles. The molecule has 30 heavy (non-hydrogen) atoms. The first-order valence-corrected chi connectivity index (χ1v) is 9.68. The molecule has 0 N–H and O–H groups in total. The lowest BCUT2D eigenvalue weighted by atomic mass is 10.2. The van der Waals surface area contributed by atoms with Crippen LogP contribution >= 0.6 is 0 Å². The van der Waals surface area contributed by atoms with Crippen LogP contribution in [0.3, 0.4) is 0 Å². The van der Waals surface area contributed by atoms with E-state index in [1.807, 2.05) is 0 Å². The number of nitrogens with zero attached hydrogens (tertiary/aromatic N) is 4. The standard InChI is InChI=1S/C22H19FN4O3/c1-30-18-7-3-6-17(11-18)26-20-19(21(28)27(22(26)29)16-8-9-16)25(13-24-20)12-14-4-2-5-15(23)10-14/h2-7,10-11,13,16H,8-9,12H2,1H3. The second-order valence-electron chi connectivity index (χ2n) is 7.40. The lowest BCUT2D eigenvalue weighted by Crippen LogP contribution is -2.39. The van der Waals surface area contributed by atoms with Gasteiger partial charge in [0, 0.05) is 18.7 Å². The fourth-order valence-corrected chi connectivity index (χ4v) is 3.74. The second kappa shape index (κ2) is 6.98. The van der Waals surface area contributed by atoms with Gasteiger partial charge in [0.1, 0.15) is 11.6 Å². The molecule has 1 saturated carbocycles. The van der Waals surface area contributed by atoms with Gasteiger partial charge in [-0.05, 0) is 42.7 Å². The number of fused-ring (bicyclic) bond motifs is 1. The molecule has 5 rings (SSSR count). The molecule has 0 radical (unpaired) electrons. The quantitative estimate of drug-likeness (QED) is 0.511. The Labute approximate surface area is 170 Å². The SMILES string of the molecule is COc1cccc(-n2c(=O)n(C3CC3)c(=O)c3c2ncn3Cc2cccc(F)c2)c1. The van der Waals surface area contributed by atoms with Crippen LogP contribution in [0.1, 0.15) is 24.4 Å². The fourth-order valence-electron chi connectivity index (χ4n) is 3.74. The zero-order valence-electron chi connectivity index (χ0n) is 16.3. The van der Waals surface area contributed by atoms with Crippen molar-refractivity contribution >= 4 is 11.2 Å². The monoisotopic (exact) mass is 406 g/mol. The van der Waals surface area contributed by atoms with Crippen LogP contribution in [0.5, 0.6) is 5.75 Å². The average molecular weight is 406 g/mol. The number of ether oxygens (including phenoxy) is 1. The molecule has 1 aliphatic carbocycles. The molecule has 0 bridgehead atoms. The third-order valence-electron chi connectivity index (χ3n) is 5.31. The summed E-state index contributed by atoms with van der Waals surface area (Å²) >= 11 is 0. The van der Waals surface area contributed by atoms with Crippen molar-refractivity contribution in [3.8, 4) is 11.4 Å². The van der Waals surface area contributed by atoms with Crippen LogP contribution in [-0.2, 0) is 6.54 Å². The summed E-state index contributed by atoms with van der Waals surface area (Å²) in [7, 11) is 1.55. The molecule has 152 valence electrons. The van der Waals surface area contributed by atoms with Gasteiger partial charge < -0.3 is 9.30 Å². The number of halogens is 1. The van der Waals surface area contributed by atoms with Crippen LogP contribution < -0.4 is 16.0 Å². The summed E-state index contributed by atoms with van der Waals surface area (Å²) in [6.45, 7) is 0.268. The van der Waals surface area contributed by atoms with E-state index in [1.165, 1.54) is 27.6 Å². The Morgan fingerprint density at radius 3 is 2.67 bits per heavy atom. The van der Waals surface area contributed by atoms with Crippen LogP contribution in [0.2, 0.25) is 0 Å². The average Bonchev–Trinajstić information content (AvgIpc) is 3.48. The zero-order valence-corrected chi connectivity index (χ0v) is 16.3. The predicted octanol–water partition coefficient (Wildman–Crippen LogP) is 2.88. The molecule has 0 unspecified atom stereocenters. The number of aromatic nitrogens is 4. The van der Waals surface area contributed by atoms with Crippen LogP contribution in [-0.4, -0.2) is 25.8 Å². The highest BCUT2D eigenvalue weighted by atomic mass is 19.1. The smallest absolute Gasteiger partial charge is 0.337 e. The Hall–Kier alpha value is -3.68. The van der Waals surface area contributed by atoms with E-state index in [-0.39, 0.29) is 29.6 Å². The van der Waals surface area contributed by atoms with Gasteiger partial charge >= 0.3 is 5.69 Å². The van der Waals surface area contributed by atoms with Gasteiger partial charge in [-0.2, -0.15) is 0 Å². The van der Waals surface area contributed by atoms with Crippen molar-refractivity contribution in [3.05, 3.63) is 87.1 Å². The van der Waals surface area contributed by atoms with E-state index in [9.17, 15) is 14.0 Å². The minimum absolute atomic E-state index is 0.108. The molecule has 1 fully saturated rings. The number of benzene rings is 2. The maximum atomic E-state index is 13.6. The van der Waals surface area contributed by atoms with Crippen molar-refractivity contribution in [2.24, 2.45) is 0 Å². The molecule has 0 saturated heterocycles. The highest BCUT2D eigenvalue weighted by Crippen LogP contribution is 2.32. The van der Waals surface area contributed by atoms with Crippen molar-refractivity contribution in [3.63, 3.8) is 0 Å². The summed E-state index contributed by atoms with van der Waals surface area (Å²) in [4.78, 5) is 30.9. The van der Waals surface area contributed by atoms with E-state index in [4.69, 9.17) is 4.74 Å². The van der Waals surface area contributed by atoms with Gasteiger partial charge in [-0.1, -0.05) is 18.2 Å². The van der Waals surface area contributed by atoms with Gasteiger partial charge in [0.25, 0.3) is 5.56 Å². The lowest BCUT2D eigenvalue weighted by molar-refractivity contribution is 0.414. The molecule has 0 atom stereocenters. The Morgan fingerprint density at radius 2 is 1.93 bits per heavy atom. The third-order valence-corrected chi connectivity index (χ3v) is 5.31. The third kappa shape index (κ3) is 3.01. The van der Waals surface area contributed by atoms with E-state index in [1.54, 1.807) is 48.1 Å². The van der Waals surface area contributed by atoms with E-state index < -0.39 is 5.69 Å². The van der Waals surface area contributed by atoms with Gasteiger partial charge in [-0.25, -0.2) is 18.7 Å². The summed E-state index contributed by atoms with van der Waals surface area (Å²) < 4.78 is 23.3. The van der Waals surface area contributed by atoms with Crippen LogP contribution in [0, 0.1) is 5.82 Å². The summed E-state index contributed by atoms with van der Waals surface area (Å²) in [5.41, 5.74) is 1.06. The molecule has 0 spiro atoms. The molecule has 0 aliphatic heterocycles. The highest BCUT2D eigenvalue weighted by Gasteiger charge is 2.30. The van der Waals surface area contributed by atoms with Crippen molar-refractivity contribution in [2.45, 2.75) is 25.4 Å². The molecular formula is C22H19FN4O3. The first-order chi connectivity index (χ1) is 14.6. The Balaban J connectivity index is 1.77. The van der Waals surface area contributed by atoms with Crippen molar-refractivity contribution in [1.29, 1.82) is 0 Å². The van der Waals surface area contributed by atoms with E-state index in [0.29, 0.717) is 22.5 Å². The van der Waals surface area contributed by atoms with E-state index >= 15 is 0 Å². The normalized spacial score (nSPS) is 13.7. The molecule has 2 aromatic heterocycles. The molecule has 8 heteroatoms. The number of imidazole rings is 1. The first-order valence-electron chi connectivity index (χ1n) is 9.68. The van der Waals surface area contributed by atoms with Crippen LogP contribution in [0.4, 0.5) is 4.39 Å². The largest absolute Gasteiger partial charge is 0.497 e. The van der Waals surface area contributed by atoms with Crippen molar-refractivity contribution in [1.82, 2.24) is 18.7 Å². The lowest BCUT2D eigenvalue weighted by Gasteiger charge is -2.13. The highest BCUT2D eigenvalue weighted by molar-refractivity contribution is 5.72. The number of hydrogen-bond donors (Lipinski definition) is 0. The summed E-state index contributed by atoms with van der Waals surface area (Å²) in [5, 5.41) is 0. The van der Waals surface area contributed by atoms with Gasteiger partial charge in [0.15, 0.2) is 11.2 Å². The van der Waals surface area contributed by atoms with Gasteiger partial charge in [0.2, 0.25) is 0 Å². The minimum Gasteiger partial charge on any atom is -0.497 e. The number of rotatable bonds is 5. The Kier molecular flexibility index (Phi) is 4.27. The second-order valence-corrected chi connectivity index (χ2v) is 7.40. The van der Waals surface area contributed by atoms with Crippen LogP contribution in [0.25, 0.3) is 16.9 Å². The van der Waals surface area contributed by atoms with E-state index in [0.717, 1.165) is 12.8 Å². The molecular weight excluding hydrogens is 387 g/mol. The van der Waals surface area contributed by atoms with Crippen molar-refractivity contribution in [2.75, 3.05) is 7.11 Å². The summed E-state index contributed by atoms with van der Waals surface area (Å²) in [5.74, 6) is 0.247. The zero-order chi connectivity index (χ0) is 20.8. The minimum atomic E-state index is -0.417. The van der Waals surface area contributed by atoms with Gasteiger partial charge in [-0.3, -0.25) is 9.36 Å². The first kappa shape index (κ1) is 18.4. The maximum absolute atomic E-state index is 13.6.